The molecule has 3 atom stereocenters. The van der Waals surface area contributed by atoms with E-state index in [1.165, 1.54) is 11.1 Å². The van der Waals surface area contributed by atoms with E-state index in [0.29, 0.717) is 12.8 Å². The monoisotopic (exact) mass is 464 g/mol. The van der Waals surface area contributed by atoms with Crippen LogP contribution in [0.1, 0.15) is 56.6 Å². The number of carbonyl (C=O) groups excluding carboxylic acids is 2. The summed E-state index contributed by atoms with van der Waals surface area (Å²) in [7, 11) is 0. The van der Waals surface area contributed by atoms with Gasteiger partial charge in [0.05, 0.1) is 12.3 Å². The lowest BCUT2D eigenvalue weighted by atomic mass is 9.97. The maximum atomic E-state index is 12.9. The Balaban J connectivity index is 1.36. The molecule has 0 aromatic heterocycles. The molecule has 2 aliphatic carbocycles. The predicted molar refractivity (Wildman–Crippen MR) is 128 cm³/mol. The highest BCUT2D eigenvalue weighted by Gasteiger charge is 2.36. The van der Waals surface area contributed by atoms with Crippen LogP contribution >= 0.6 is 0 Å². The van der Waals surface area contributed by atoms with E-state index in [0.717, 1.165) is 17.5 Å². The Morgan fingerprint density at radius 2 is 1.62 bits per heavy atom. The molecule has 0 radical (unpaired) electrons. The standard InChI is InChI=1S/C27H32N2O5/c1-16(2)24(14-25(30)31)28-26(32)21-12-7-13-23(21)29-27(33)34-15-22-19-10-5-3-8-17(19)18-9-4-6-11-20(18)22/h3-6,8-11,16,21-24H,7,12-15H2,1-2H3,(H,28,32)(H,29,33)(H,30,31)/t21-,23+,24-/m0/s1. The lowest BCUT2D eigenvalue weighted by Crippen LogP contribution is -2.48. The summed E-state index contributed by atoms with van der Waals surface area (Å²) in [6.45, 7) is 3.99. The normalized spacial score (nSPS) is 19.9. The number of ether oxygens (including phenoxy) is 1. The van der Waals surface area contributed by atoms with Crippen molar-refractivity contribution >= 4 is 18.0 Å². The maximum Gasteiger partial charge on any atom is 0.407 e. The van der Waals surface area contributed by atoms with Crippen molar-refractivity contribution in [3.8, 4) is 11.1 Å². The number of alkyl carbamates (subject to hydrolysis) is 1. The zero-order chi connectivity index (χ0) is 24.2. The predicted octanol–water partition coefficient (Wildman–Crippen LogP) is 4.31. The van der Waals surface area contributed by atoms with Crippen LogP contribution in [0, 0.1) is 11.8 Å². The van der Waals surface area contributed by atoms with Gasteiger partial charge in [0, 0.05) is 18.0 Å². The van der Waals surface area contributed by atoms with Crippen LogP contribution in [0.5, 0.6) is 0 Å². The number of rotatable bonds is 8. The molecule has 7 nitrogen and oxygen atoms in total. The molecule has 0 unspecified atom stereocenters. The third kappa shape index (κ3) is 5.08. The van der Waals surface area contributed by atoms with E-state index in [1.807, 2.05) is 38.1 Å². The second-order valence-corrected chi connectivity index (χ2v) is 9.57. The summed E-state index contributed by atoms with van der Waals surface area (Å²) >= 11 is 0. The zero-order valence-electron chi connectivity index (χ0n) is 19.6. The number of carboxylic acid groups (broad SMARTS) is 1. The number of carbonyl (C=O) groups is 3. The van der Waals surface area contributed by atoms with Crippen LogP contribution in [-0.4, -0.2) is 41.8 Å². The molecule has 7 heteroatoms. The van der Waals surface area contributed by atoms with E-state index in [2.05, 4.69) is 34.9 Å². The topological polar surface area (TPSA) is 105 Å². The number of hydrogen-bond acceptors (Lipinski definition) is 4. The van der Waals surface area contributed by atoms with Crippen molar-refractivity contribution in [3.63, 3.8) is 0 Å². The lowest BCUT2D eigenvalue weighted by Gasteiger charge is -2.25. The van der Waals surface area contributed by atoms with E-state index in [9.17, 15) is 14.4 Å². The molecule has 180 valence electrons. The Bertz CT molecular complexity index is 1020. The van der Waals surface area contributed by atoms with Gasteiger partial charge in [0.2, 0.25) is 5.91 Å². The van der Waals surface area contributed by atoms with Crippen molar-refractivity contribution in [1.82, 2.24) is 10.6 Å². The van der Waals surface area contributed by atoms with E-state index in [1.54, 1.807) is 0 Å². The highest BCUT2D eigenvalue weighted by Crippen LogP contribution is 2.44. The molecule has 1 saturated carbocycles. The summed E-state index contributed by atoms with van der Waals surface area (Å²) in [5, 5.41) is 14.9. The van der Waals surface area contributed by atoms with Gasteiger partial charge >= 0.3 is 12.1 Å². The first-order valence-electron chi connectivity index (χ1n) is 12.0. The van der Waals surface area contributed by atoms with Crippen LogP contribution in [0.25, 0.3) is 11.1 Å². The van der Waals surface area contributed by atoms with Gasteiger partial charge in [0.1, 0.15) is 6.61 Å². The van der Waals surface area contributed by atoms with E-state index in [4.69, 9.17) is 9.84 Å². The van der Waals surface area contributed by atoms with Crippen LogP contribution in [0.4, 0.5) is 4.79 Å². The summed E-state index contributed by atoms with van der Waals surface area (Å²) in [4.78, 5) is 36.7. The Morgan fingerprint density at radius 3 is 2.21 bits per heavy atom. The van der Waals surface area contributed by atoms with Gasteiger partial charge in [0.15, 0.2) is 0 Å². The highest BCUT2D eigenvalue weighted by molar-refractivity contribution is 5.82. The van der Waals surface area contributed by atoms with Crippen molar-refractivity contribution in [2.24, 2.45) is 11.8 Å². The molecule has 1 fully saturated rings. The fourth-order valence-corrected chi connectivity index (χ4v) is 5.17. The first kappa shape index (κ1) is 23.8. The minimum Gasteiger partial charge on any atom is -0.481 e. The average molecular weight is 465 g/mol. The van der Waals surface area contributed by atoms with Gasteiger partial charge in [-0.1, -0.05) is 68.8 Å². The number of amides is 2. The van der Waals surface area contributed by atoms with Gasteiger partial charge in [-0.2, -0.15) is 0 Å². The second kappa shape index (κ2) is 10.3. The lowest BCUT2D eigenvalue weighted by molar-refractivity contribution is -0.138. The summed E-state index contributed by atoms with van der Waals surface area (Å²) in [6.07, 6.45) is 1.50. The molecule has 0 aliphatic heterocycles. The molecule has 2 aromatic carbocycles. The third-order valence-electron chi connectivity index (χ3n) is 7.03. The molecular weight excluding hydrogens is 432 g/mol. The fourth-order valence-electron chi connectivity index (χ4n) is 5.17. The molecular formula is C27H32N2O5. The number of benzene rings is 2. The van der Waals surface area contributed by atoms with Crippen molar-refractivity contribution in [3.05, 3.63) is 59.7 Å². The molecule has 0 bridgehead atoms. The Hall–Kier alpha value is -3.35. The van der Waals surface area contributed by atoms with Crippen LogP contribution < -0.4 is 10.6 Å². The minimum absolute atomic E-state index is 0.00463. The van der Waals surface area contributed by atoms with E-state index >= 15 is 0 Å². The summed E-state index contributed by atoms with van der Waals surface area (Å²) < 4.78 is 5.64. The summed E-state index contributed by atoms with van der Waals surface area (Å²) in [5.41, 5.74) is 4.63. The number of fused-ring (bicyclic) bond motifs is 3. The fraction of sp³-hybridized carbons (Fsp3) is 0.444. The molecule has 0 spiro atoms. The molecule has 0 heterocycles. The van der Waals surface area contributed by atoms with Crippen molar-refractivity contribution in [2.45, 2.75) is 57.5 Å². The molecule has 0 saturated heterocycles. The van der Waals surface area contributed by atoms with Gasteiger partial charge in [-0.25, -0.2) is 4.79 Å². The zero-order valence-corrected chi connectivity index (χ0v) is 19.6. The molecule has 3 N–H and O–H groups in total. The largest absolute Gasteiger partial charge is 0.481 e. The number of aliphatic carboxylic acids is 1. The third-order valence-corrected chi connectivity index (χ3v) is 7.03. The van der Waals surface area contributed by atoms with Gasteiger partial charge in [0.25, 0.3) is 0 Å². The Kier molecular flexibility index (Phi) is 7.20. The molecule has 4 rings (SSSR count). The quantitative estimate of drug-likeness (QED) is 0.540. The Labute approximate surface area is 199 Å². The first-order valence-corrected chi connectivity index (χ1v) is 12.0. The minimum atomic E-state index is -0.946. The number of hydrogen-bond donors (Lipinski definition) is 3. The molecule has 34 heavy (non-hydrogen) atoms. The van der Waals surface area contributed by atoms with Crippen LogP contribution in [0.15, 0.2) is 48.5 Å². The smallest absolute Gasteiger partial charge is 0.407 e. The number of nitrogens with one attached hydrogen (secondary N) is 2. The van der Waals surface area contributed by atoms with Gasteiger partial charge in [-0.05, 0) is 41.0 Å². The Morgan fingerprint density at radius 1 is 1.00 bits per heavy atom. The van der Waals surface area contributed by atoms with E-state index < -0.39 is 24.0 Å². The second-order valence-electron chi connectivity index (χ2n) is 9.57. The SMILES string of the molecule is CC(C)[C@H](CC(=O)O)NC(=O)[C@H]1CCC[C@H]1NC(=O)OCC1c2ccccc2-c2ccccc21. The molecule has 2 aliphatic rings. The van der Waals surface area contributed by atoms with Crippen molar-refractivity contribution in [1.29, 1.82) is 0 Å². The maximum absolute atomic E-state index is 12.9. The van der Waals surface area contributed by atoms with Crippen LogP contribution in [-0.2, 0) is 14.3 Å². The van der Waals surface area contributed by atoms with Crippen molar-refractivity contribution < 1.29 is 24.2 Å². The average Bonchev–Trinajstić information content (AvgIpc) is 3.39. The molecule has 2 aromatic rings. The van der Waals surface area contributed by atoms with Gasteiger partial charge in [-0.15, -0.1) is 0 Å². The van der Waals surface area contributed by atoms with Gasteiger partial charge < -0.3 is 20.5 Å². The van der Waals surface area contributed by atoms with E-state index in [-0.39, 0.29) is 36.8 Å². The highest BCUT2D eigenvalue weighted by atomic mass is 16.5. The first-order chi connectivity index (χ1) is 16.3. The van der Waals surface area contributed by atoms with Crippen LogP contribution in [0.3, 0.4) is 0 Å². The summed E-state index contributed by atoms with van der Waals surface area (Å²) in [5.74, 6) is -1.57. The number of carboxylic acids is 1. The van der Waals surface area contributed by atoms with Crippen LogP contribution in [0.2, 0.25) is 0 Å². The molecule has 2 amide bonds. The summed E-state index contributed by atoms with van der Waals surface area (Å²) in [6, 6.07) is 15.6. The van der Waals surface area contributed by atoms with Crippen molar-refractivity contribution in [2.75, 3.05) is 6.61 Å². The van der Waals surface area contributed by atoms with Gasteiger partial charge in [-0.3, -0.25) is 9.59 Å².